The molecule has 1 unspecified atom stereocenters. The predicted molar refractivity (Wildman–Crippen MR) is 76.9 cm³/mol. The molecule has 1 N–H and O–H groups in total. The smallest absolute Gasteiger partial charge is 0.129 e. The lowest BCUT2D eigenvalue weighted by atomic mass is 10.0. The zero-order chi connectivity index (χ0) is 13.7. The number of hydrogen-bond donors (Lipinski definition) is 1. The Balaban J connectivity index is 2.93. The van der Waals surface area contributed by atoms with Gasteiger partial charge in [0.05, 0.1) is 6.61 Å². The highest BCUT2D eigenvalue weighted by atomic mass is 16.3. The fourth-order valence-electron chi connectivity index (χ4n) is 2.15. The van der Waals surface area contributed by atoms with Crippen molar-refractivity contribution >= 4 is 5.82 Å². The van der Waals surface area contributed by atoms with Gasteiger partial charge in [-0.05, 0) is 43.4 Å². The zero-order valence-electron chi connectivity index (χ0n) is 12.3. The second-order valence-corrected chi connectivity index (χ2v) is 5.43. The maximum Gasteiger partial charge on any atom is 0.129 e. The van der Waals surface area contributed by atoms with Crippen molar-refractivity contribution in [2.24, 2.45) is 5.92 Å². The Morgan fingerprint density at radius 3 is 2.44 bits per heavy atom. The first-order chi connectivity index (χ1) is 8.47. The van der Waals surface area contributed by atoms with Gasteiger partial charge >= 0.3 is 0 Å². The van der Waals surface area contributed by atoms with Crippen LogP contribution in [0.25, 0.3) is 0 Å². The van der Waals surface area contributed by atoms with Crippen molar-refractivity contribution in [3.63, 3.8) is 0 Å². The Hall–Kier alpha value is -1.09. The highest BCUT2D eigenvalue weighted by molar-refractivity contribution is 5.42. The molecule has 1 atom stereocenters. The molecule has 0 saturated carbocycles. The molecule has 1 aromatic rings. The van der Waals surface area contributed by atoms with E-state index in [0.29, 0.717) is 12.0 Å². The van der Waals surface area contributed by atoms with Crippen molar-refractivity contribution in [3.05, 3.63) is 23.4 Å². The number of aliphatic hydroxyl groups excluding tert-OH is 1. The quantitative estimate of drug-likeness (QED) is 0.843. The van der Waals surface area contributed by atoms with Gasteiger partial charge in [0.25, 0.3) is 0 Å². The summed E-state index contributed by atoms with van der Waals surface area (Å²) in [6.45, 7) is 8.86. The van der Waals surface area contributed by atoms with Gasteiger partial charge in [0.2, 0.25) is 0 Å². The highest BCUT2D eigenvalue weighted by Crippen LogP contribution is 2.19. The van der Waals surface area contributed by atoms with E-state index in [1.54, 1.807) is 0 Å². The molecule has 0 amide bonds. The molecule has 3 heteroatoms. The Labute approximate surface area is 111 Å². The number of aromatic nitrogens is 1. The lowest BCUT2D eigenvalue weighted by molar-refractivity contribution is 0.281. The average molecular weight is 250 g/mol. The molecule has 0 bridgehead atoms. The summed E-state index contributed by atoms with van der Waals surface area (Å²) in [5, 5.41) is 9.30. The number of hydrogen-bond acceptors (Lipinski definition) is 3. The lowest BCUT2D eigenvalue weighted by Gasteiger charge is -2.28. The van der Waals surface area contributed by atoms with Crippen molar-refractivity contribution in [2.75, 3.05) is 11.9 Å². The molecule has 0 fully saturated rings. The van der Waals surface area contributed by atoms with Gasteiger partial charge in [0.15, 0.2) is 0 Å². The third-order valence-corrected chi connectivity index (χ3v) is 3.30. The molecule has 0 aliphatic carbocycles. The summed E-state index contributed by atoms with van der Waals surface area (Å²) in [7, 11) is 2.08. The van der Waals surface area contributed by atoms with Crippen LogP contribution in [0.5, 0.6) is 0 Å². The van der Waals surface area contributed by atoms with Crippen LogP contribution in [-0.2, 0) is 13.0 Å². The van der Waals surface area contributed by atoms with Crippen LogP contribution in [0.1, 0.15) is 45.4 Å². The maximum atomic E-state index is 9.30. The van der Waals surface area contributed by atoms with Crippen LogP contribution in [-0.4, -0.2) is 23.2 Å². The Morgan fingerprint density at radius 2 is 1.94 bits per heavy atom. The number of aryl methyl sites for hydroxylation is 1. The number of rotatable bonds is 6. The summed E-state index contributed by atoms with van der Waals surface area (Å²) in [6.07, 6.45) is 2.04. The molecule has 0 aliphatic heterocycles. The molecule has 0 aromatic carbocycles. The first-order valence-electron chi connectivity index (χ1n) is 6.81. The first kappa shape index (κ1) is 15.0. The Kier molecular flexibility index (Phi) is 5.60. The molecule has 1 rings (SSSR count). The topological polar surface area (TPSA) is 36.4 Å². The molecule has 0 saturated heterocycles. The molecular weight excluding hydrogens is 224 g/mol. The van der Waals surface area contributed by atoms with E-state index in [0.717, 1.165) is 29.9 Å². The van der Waals surface area contributed by atoms with Gasteiger partial charge in [-0.1, -0.05) is 20.8 Å². The first-order valence-corrected chi connectivity index (χ1v) is 6.81. The van der Waals surface area contributed by atoms with Crippen LogP contribution in [0.2, 0.25) is 0 Å². The summed E-state index contributed by atoms with van der Waals surface area (Å²) in [4.78, 5) is 6.85. The SMILES string of the molecule is CCc1cc(CO)cc(N(C)C(C)CC(C)C)n1. The summed E-state index contributed by atoms with van der Waals surface area (Å²) in [5.41, 5.74) is 1.99. The maximum absolute atomic E-state index is 9.30. The van der Waals surface area contributed by atoms with E-state index in [-0.39, 0.29) is 6.61 Å². The molecule has 1 heterocycles. The molecule has 3 nitrogen and oxygen atoms in total. The molecule has 0 aliphatic rings. The second kappa shape index (κ2) is 6.74. The van der Waals surface area contributed by atoms with Crippen molar-refractivity contribution in [1.82, 2.24) is 4.98 Å². The van der Waals surface area contributed by atoms with Crippen LogP contribution in [0.15, 0.2) is 12.1 Å². The minimum absolute atomic E-state index is 0.0783. The van der Waals surface area contributed by atoms with Crippen LogP contribution in [0.3, 0.4) is 0 Å². The van der Waals surface area contributed by atoms with Crippen LogP contribution in [0.4, 0.5) is 5.82 Å². The molecule has 18 heavy (non-hydrogen) atoms. The van der Waals surface area contributed by atoms with Gasteiger partial charge in [-0.3, -0.25) is 0 Å². The summed E-state index contributed by atoms with van der Waals surface area (Å²) >= 11 is 0. The number of pyridine rings is 1. The monoisotopic (exact) mass is 250 g/mol. The van der Waals surface area contributed by atoms with Gasteiger partial charge in [0, 0.05) is 18.8 Å². The van der Waals surface area contributed by atoms with E-state index in [1.165, 1.54) is 0 Å². The van der Waals surface area contributed by atoms with Crippen LogP contribution < -0.4 is 4.90 Å². The van der Waals surface area contributed by atoms with E-state index in [2.05, 4.69) is 44.6 Å². The second-order valence-electron chi connectivity index (χ2n) is 5.43. The van der Waals surface area contributed by atoms with Gasteiger partial charge < -0.3 is 10.0 Å². The van der Waals surface area contributed by atoms with Crippen molar-refractivity contribution in [1.29, 1.82) is 0 Å². The summed E-state index contributed by atoms with van der Waals surface area (Å²) < 4.78 is 0. The highest BCUT2D eigenvalue weighted by Gasteiger charge is 2.14. The largest absolute Gasteiger partial charge is 0.392 e. The minimum atomic E-state index is 0.0783. The molecular formula is C15H26N2O. The molecule has 0 radical (unpaired) electrons. The predicted octanol–water partition coefficient (Wildman–Crippen LogP) is 3.01. The van der Waals surface area contributed by atoms with Gasteiger partial charge in [-0.25, -0.2) is 4.98 Å². The third kappa shape index (κ3) is 3.98. The van der Waals surface area contributed by atoms with Crippen LogP contribution >= 0.6 is 0 Å². The van der Waals surface area contributed by atoms with Gasteiger partial charge in [-0.2, -0.15) is 0 Å². The minimum Gasteiger partial charge on any atom is -0.392 e. The van der Waals surface area contributed by atoms with E-state index in [4.69, 9.17) is 0 Å². The number of aliphatic hydroxyl groups is 1. The Morgan fingerprint density at radius 1 is 1.28 bits per heavy atom. The lowest BCUT2D eigenvalue weighted by Crippen LogP contribution is -2.31. The van der Waals surface area contributed by atoms with E-state index in [9.17, 15) is 5.11 Å². The van der Waals surface area contributed by atoms with Gasteiger partial charge in [-0.15, -0.1) is 0 Å². The van der Waals surface area contributed by atoms with Crippen molar-refractivity contribution in [3.8, 4) is 0 Å². The van der Waals surface area contributed by atoms with Crippen molar-refractivity contribution < 1.29 is 5.11 Å². The van der Waals surface area contributed by atoms with E-state index >= 15 is 0 Å². The Bertz CT molecular complexity index is 355. The normalized spacial score (nSPS) is 12.8. The van der Waals surface area contributed by atoms with E-state index < -0.39 is 0 Å². The summed E-state index contributed by atoms with van der Waals surface area (Å²) in [6, 6.07) is 4.41. The number of anilines is 1. The summed E-state index contributed by atoms with van der Waals surface area (Å²) in [5.74, 6) is 1.64. The van der Waals surface area contributed by atoms with Crippen molar-refractivity contribution in [2.45, 2.75) is 53.2 Å². The average Bonchev–Trinajstić information content (AvgIpc) is 2.36. The molecule has 0 spiro atoms. The fraction of sp³-hybridized carbons (Fsp3) is 0.667. The third-order valence-electron chi connectivity index (χ3n) is 3.30. The standard InChI is InChI=1S/C15H26N2O/c1-6-14-8-13(10-18)9-15(16-14)17(5)12(4)7-11(2)3/h8-9,11-12,18H,6-7,10H2,1-5H3. The van der Waals surface area contributed by atoms with E-state index in [1.807, 2.05) is 12.1 Å². The molecule has 102 valence electrons. The molecule has 1 aromatic heterocycles. The fourth-order valence-corrected chi connectivity index (χ4v) is 2.15. The number of nitrogens with zero attached hydrogens (tertiary/aromatic N) is 2. The van der Waals surface area contributed by atoms with Crippen LogP contribution in [0, 0.1) is 5.92 Å². The zero-order valence-corrected chi connectivity index (χ0v) is 12.3. The van der Waals surface area contributed by atoms with Gasteiger partial charge in [0.1, 0.15) is 5.82 Å².